The summed E-state index contributed by atoms with van der Waals surface area (Å²) in [5, 5.41) is 0. The molecule has 0 saturated carbocycles. The molecular formula is C25H19F3N2O2. The summed E-state index contributed by atoms with van der Waals surface area (Å²) in [4.78, 5) is 29.2. The van der Waals surface area contributed by atoms with Crippen molar-refractivity contribution < 1.29 is 22.8 Å². The monoisotopic (exact) mass is 436 g/mol. The van der Waals surface area contributed by atoms with Crippen LogP contribution in [-0.2, 0) is 16.1 Å². The Kier molecular flexibility index (Phi) is 5.81. The van der Waals surface area contributed by atoms with Gasteiger partial charge in [-0.3, -0.25) is 9.59 Å². The highest BCUT2D eigenvalue weighted by molar-refractivity contribution is 6.45. The maximum atomic E-state index is 14.5. The Morgan fingerprint density at radius 3 is 2.12 bits per heavy atom. The quantitative estimate of drug-likeness (QED) is 0.516. The van der Waals surface area contributed by atoms with E-state index < -0.39 is 35.0 Å². The Labute approximate surface area is 183 Å². The predicted octanol–water partition coefficient (Wildman–Crippen LogP) is 4.91. The molecular weight excluding hydrogens is 417 g/mol. The van der Waals surface area contributed by atoms with Crippen molar-refractivity contribution in [3.05, 3.63) is 107 Å². The van der Waals surface area contributed by atoms with Crippen molar-refractivity contribution in [1.29, 1.82) is 0 Å². The Balaban J connectivity index is 1.86. The standard InChI is InChI=1S/C25H19F3N2O2/c1-2-29(15-16-6-4-3-5-7-16)23-22(17-8-10-18(26)11-9-17)24(31)30(25(23)32)21-14-19(27)12-13-20(21)28/h3-14H,2,15H2,1H3. The number of carbonyl (C=O) groups excluding carboxylic acids is 2. The largest absolute Gasteiger partial charge is 0.362 e. The number of hydrogen-bond donors (Lipinski definition) is 0. The number of anilines is 1. The van der Waals surface area contributed by atoms with Crippen LogP contribution in [-0.4, -0.2) is 23.3 Å². The van der Waals surface area contributed by atoms with E-state index in [0.717, 1.165) is 23.8 Å². The van der Waals surface area contributed by atoms with Gasteiger partial charge in [-0.2, -0.15) is 0 Å². The van der Waals surface area contributed by atoms with E-state index in [4.69, 9.17) is 0 Å². The molecule has 0 N–H and O–H groups in total. The Morgan fingerprint density at radius 1 is 0.812 bits per heavy atom. The Bertz CT molecular complexity index is 1210. The molecule has 0 aromatic heterocycles. The summed E-state index contributed by atoms with van der Waals surface area (Å²) < 4.78 is 41.9. The zero-order valence-electron chi connectivity index (χ0n) is 17.2. The minimum Gasteiger partial charge on any atom is -0.362 e. The third kappa shape index (κ3) is 3.89. The molecule has 4 nitrogen and oxygen atoms in total. The first-order valence-electron chi connectivity index (χ1n) is 10.0. The summed E-state index contributed by atoms with van der Waals surface area (Å²) in [7, 11) is 0. The Morgan fingerprint density at radius 2 is 1.47 bits per heavy atom. The van der Waals surface area contributed by atoms with Gasteiger partial charge in [-0.05, 0) is 42.3 Å². The van der Waals surface area contributed by atoms with Gasteiger partial charge in [0, 0.05) is 19.2 Å². The molecule has 0 saturated heterocycles. The van der Waals surface area contributed by atoms with E-state index in [1.807, 2.05) is 37.3 Å². The van der Waals surface area contributed by atoms with Gasteiger partial charge in [-0.1, -0.05) is 42.5 Å². The average Bonchev–Trinajstić information content (AvgIpc) is 3.05. The first kappa shape index (κ1) is 21.4. The van der Waals surface area contributed by atoms with E-state index in [2.05, 4.69) is 0 Å². The summed E-state index contributed by atoms with van der Waals surface area (Å²) >= 11 is 0. The van der Waals surface area contributed by atoms with Crippen molar-refractivity contribution in [1.82, 2.24) is 4.90 Å². The lowest BCUT2D eigenvalue weighted by molar-refractivity contribution is -0.120. The molecule has 0 bridgehead atoms. The van der Waals surface area contributed by atoms with Crippen molar-refractivity contribution in [2.24, 2.45) is 0 Å². The summed E-state index contributed by atoms with van der Waals surface area (Å²) in [5.41, 5.74) is 0.806. The summed E-state index contributed by atoms with van der Waals surface area (Å²) in [6, 6.07) is 17.0. The average molecular weight is 436 g/mol. The highest BCUT2D eigenvalue weighted by atomic mass is 19.1. The van der Waals surface area contributed by atoms with E-state index in [1.165, 1.54) is 24.3 Å². The second-order valence-corrected chi connectivity index (χ2v) is 7.27. The molecule has 1 aliphatic heterocycles. The fraction of sp³-hybridized carbons (Fsp3) is 0.120. The second-order valence-electron chi connectivity index (χ2n) is 7.27. The van der Waals surface area contributed by atoms with E-state index >= 15 is 0 Å². The highest BCUT2D eigenvalue weighted by Crippen LogP contribution is 2.36. The molecule has 0 atom stereocenters. The third-order valence-electron chi connectivity index (χ3n) is 5.26. The van der Waals surface area contributed by atoms with Gasteiger partial charge in [0.15, 0.2) is 0 Å². The number of imide groups is 1. The number of carbonyl (C=O) groups is 2. The van der Waals surface area contributed by atoms with Crippen LogP contribution in [0, 0.1) is 17.5 Å². The normalized spacial score (nSPS) is 13.8. The lowest BCUT2D eigenvalue weighted by Crippen LogP contribution is -2.35. The van der Waals surface area contributed by atoms with Gasteiger partial charge >= 0.3 is 0 Å². The topological polar surface area (TPSA) is 40.6 Å². The van der Waals surface area contributed by atoms with Crippen molar-refractivity contribution in [3.63, 3.8) is 0 Å². The fourth-order valence-electron chi connectivity index (χ4n) is 3.72. The van der Waals surface area contributed by atoms with Gasteiger partial charge in [-0.25, -0.2) is 18.1 Å². The van der Waals surface area contributed by atoms with Crippen LogP contribution in [0.5, 0.6) is 0 Å². The molecule has 162 valence electrons. The van der Waals surface area contributed by atoms with Crippen LogP contribution in [0.25, 0.3) is 5.57 Å². The van der Waals surface area contributed by atoms with Crippen molar-refractivity contribution in [3.8, 4) is 0 Å². The first-order valence-corrected chi connectivity index (χ1v) is 10.0. The number of halogens is 3. The number of rotatable bonds is 6. The second kappa shape index (κ2) is 8.70. The maximum absolute atomic E-state index is 14.5. The summed E-state index contributed by atoms with van der Waals surface area (Å²) in [6.45, 7) is 2.50. The van der Waals surface area contributed by atoms with Crippen molar-refractivity contribution >= 4 is 23.1 Å². The lowest BCUT2D eigenvalue weighted by Gasteiger charge is -2.25. The van der Waals surface area contributed by atoms with Crippen LogP contribution < -0.4 is 4.90 Å². The minimum atomic E-state index is -0.904. The molecule has 3 aromatic carbocycles. The Hall–Kier alpha value is -3.87. The molecule has 0 spiro atoms. The van der Waals surface area contributed by atoms with Crippen LogP contribution in [0.3, 0.4) is 0 Å². The summed E-state index contributed by atoms with van der Waals surface area (Å²) in [6.07, 6.45) is 0. The number of nitrogens with zero attached hydrogens (tertiary/aromatic N) is 2. The number of amides is 2. The van der Waals surface area contributed by atoms with Gasteiger partial charge in [-0.15, -0.1) is 0 Å². The molecule has 0 aliphatic carbocycles. The first-order chi connectivity index (χ1) is 15.4. The minimum absolute atomic E-state index is 0.0106. The molecule has 0 unspecified atom stereocenters. The van der Waals surface area contributed by atoms with Gasteiger partial charge in [0.05, 0.1) is 11.3 Å². The molecule has 1 aliphatic rings. The van der Waals surface area contributed by atoms with E-state index in [0.29, 0.717) is 23.6 Å². The number of hydrogen-bond acceptors (Lipinski definition) is 3. The van der Waals surface area contributed by atoms with Gasteiger partial charge < -0.3 is 4.90 Å². The zero-order chi connectivity index (χ0) is 22.8. The fourth-order valence-corrected chi connectivity index (χ4v) is 3.72. The molecule has 3 aromatic rings. The summed E-state index contributed by atoms with van der Waals surface area (Å²) in [5.74, 6) is -3.75. The number of likely N-dealkylation sites (N-methyl/N-ethyl adjacent to an activating group) is 1. The van der Waals surface area contributed by atoms with E-state index in [1.54, 1.807) is 4.90 Å². The molecule has 7 heteroatoms. The molecule has 0 radical (unpaired) electrons. The number of benzene rings is 3. The van der Waals surface area contributed by atoms with Crippen LogP contribution in [0.4, 0.5) is 18.9 Å². The molecule has 0 fully saturated rings. The van der Waals surface area contributed by atoms with E-state index in [-0.39, 0.29) is 11.3 Å². The lowest BCUT2D eigenvalue weighted by atomic mass is 10.0. The van der Waals surface area contributed by atoms with Crippen LogP contribution in [0.2, 0.25) is 0 Å². The zero-order valence-corrected chi connectivity index (χ0v) is 17.2. The maximum Gasteiger partial charge on any atom is 0.282 e. The van der Waals surface area contributed by atoms with Gasteiger partial charge in [0.2, 0.25) is 0 Å². The van der Waals surface area contributed by atoms with Crippen LogP contribution in [0.15, 0.2) is 78.5 Å². The molecule has 32 heavy (non-hydrogen) atoms. The molecule has 1 heterocycles. The van der Waals surface area contributed by atoms with Crippen LogP contribution in [0.1, 0.15) is 18.1 Å². The smallest absolute Gasteiger partial charge is 0.282 e. The van der Waals surface area contributed by atoms with Crippen LogP contribution >= 0.6 is 0 Å². The van der Waals surface area contributed by atoms with Gasteiger partial charge in [0.25, 0.3) is 11.8 Å². The third-order valence-corrected chi connectivity index (χ3v) is 5.26. The van der Waals surface area contributed by atoms with Gasteiger partial charge in [0.1, 0.15) is 23.1 Å². The van der Waals surface area contributed by atoms with Crippen molar-refractivity contribution in [2.45, 2.75) is 13.5 Å². The predicted molar refractivity (Wildman–Crippen MR) is 115 cm³/mol. The van der Waals surface area contributed by atoms with Crippen molar-refractivity contribution in [2.75, 3.05) is 11.4 Å². The SMILES string of the molecule is CCN(Cc1ccccc1)C1=C(c2ccc(F)cc2)C(=O)N(c2cc(F)ccc2F)C1=O. The van der Waals surface area contributed by atoms with E-state index in [9.17, 15) is 22.8 Å². The molecule has 2 amide bonds. The molecule has 4 rings (SSSR count). The highest BCUT2D eigenvalue weighted by Gasteiger charge is 2.43.